The zero-order valence-electron chi connectivity index (χ0n) is 17.1. The average Bonchev–Trinajstić information content (AvgIpc) is 3.03. The van der Waals surface area contributed by atoms with Crippen LogP contribution < -0.4 is 0 Å². The molecule has 1 heterocycles. The van der Waals surface area contributed by atoms with Crippen molar-refractivity contribution in [3.8, 4) is 0 Å². The Morgan fingerprint density at radius 3 is 2.79 bits per heavy atom. The largest absolute Gasteiger partial charge is 0.466 e. The SMILES string of the molecule is CCOC(=O)CCCCCCN1C(=O)CC[C@@H]1C=CC(=O)Cc1cccc(Br)c1. The summed E-state index contributed by atoms with van der Waals surface area (Å²) in [5, 5.41) is 0. The summed E-state index contributed by atoms with van der Waals surface area (Å²) >= 11 is 3.42. The molecule has 1 fully saturated rings. The van der Waals surface area contributed by atoms with Crippen molar-refractivity contribution in [1.82, 2.24) is 4.90 Å². The van der Waals surface area contributed by atoms with E-state index in [2.05, 4.69) is 15.9 Å². The van der Waals surface area contributed by atoms with Crippen LogP contribution in [0.5, 0.6) is 0 Å². The molecule has 1 aromatic rings. The lowest BCUT2D eigenvalue weighted by molar-refractivity contribution is -0.143. The molecule has 0 bridgehead atoms. The Hall–Kier alpha value is -1.95. The smallest absolute Gasteiger partial charge is 0.305 e. The number of benzene rings is 1. The molecule has 158 valence electrons. The Labute approximate surface area is 181 Å². The van der Waals surface area contributed by atoms with Crippen molar-refractivity contribution in [2.75, 3.05) is 13.2 Å². The zero-order valence-corrected chi connectivity index (χ0v) is 18.7. The predicted octanol–water partition coefficient (Wildman–Crippen LogP) is 4.62. The number of hydrogen-bond donors (Lipinski definition) is 0. The van der Waals surface area contributed by atoms with Crippen LogP contribution in [0, 0.1) is 0 Å². The molecule has 0 radical (unpaired) electrons. The highest BCUT2D eigenvalue weighted by Gasteiger charge is 2.28. The maximum Gasteiger partial charge on any atom is 0.305 e. The lowest BCUT2D eigenvalue weighted by atomic mass is 10.1. The summed E-state index contributed by atoms with van der Waals surface area (Å²) < 4.78 is 5.88. The summed E-state index contributed by atoms with van der Waals surface area (Å²) in [5.74, 6) is 0.0620. The van der Waals surface area contributed by atoms with E-state index >= 15 is 0 Å². The van der Waals surface area contributed by atoms with Gasteiger partial charge in [-0.2, -0.15) is 0 Å². The molecule has 0 unspecified atom stereocenters. The first-order valence-electron chi connectivity index (χ1n) is 10.4. The van der Waals surface area contributed by atoms with Gasteiger partial charge in [0.2, 0.25) is 5.91 Å². The van der Waals surface area contributed by atoms with E-state index in [-0.39, 0.29) is 23.7 Å². The molecule has 2 rings (SSSR count). The molecule has 1 amide bonds. The van der Waals surface area contributed by atoms with E-state index in [4.69, 9.17) is 4.74 Å². The Morgan fingerprint density at radius 2 is 2.03 bits per heavy atom. The number of carbonyl (C=O) groups excluding carboxylic acids is 3. The number of halogens is 1. The molecular weight excluding hydrogens is 434 g/mol. The van der Waals surface area contributed by atoms with Crippen molar-refractivity contribution in [3.63, 3.8) is 0 Å². The Bertz CT molecular complexity index is 731. The van der Waals surface area contributed by atoms with Crippen LogP contribution in [0.2, 0.25) is 0 Å². The van der Waals surface area contributed by atoms with Crippen LogP contribution in [0.1, 0.15) is 57.4 Å². The topological polar surface area (TPSA) is 63.7 Å². The number of rotatable bonds is 12. The van der Waals surface area contributed by atoms with Gasteiger partial charge in [-0.25, -0.2) is 0 Å². The van der Waals surface area contributed by atoms with Gasteiger partial charge in [-0.15, -0.1) is 0 Å². The van der Waals surface area contributed by atoms with Crippen molar-refractivity contribution in [2.45, 2.75) is 64.3 Å². The summed E-state index contributed by atoms with van der Waals surface area (Å²) in [6, 6.07) is 7.74. The average molecular weight is 464 g/mol. The molecule has 29 heavy (non-hydrogen) atoms. The Balaban J connectivity index is 1.72. The first-order chi connectivity index (χ1) is 14.0. The van der Waals surface area contributed by atoms with E-state index in [1.165, 1.54) is 0 Å². The minimum Gasteiger partial charge on any atom is -0.466 e. The minimum atomic E-state index is -0.139. The van der Waals surface area contributed by atoms with Crippen molar-refractivity contribution in [3.05, 3.63) is 46.5 Å². The summed E-state index contributed by atoms with van der Waals surface area (Å²) in [6.07, 6.45) is 9.28. The molecule has 1 aliphatic rings. The molecular formula is C23H30BrNO4. The first kappa shape index (κ1) is 23.3. The molecule has 0 N–H and O–H groups in total. The molecule has 1 aliphatic heterocycles. The van der Waals surface area contributed by atoms with Crippen LogP contribution in [-0.2, 0) is 25.5 Å². The molecule has 0 aliphatic carbocycles. The summed E-state index contributed by atoms with van der Waals surface area (Å²) in [6.45, 7) is 2.94. The van der Waals surface area contributed by atoms with Crippen LogP contribution in [-0.4, -0.2) is 41.8 Å². The number of ketones is 1. The Morgan fingerprint density at radius 1 is 1.24 bits per heavy atom. The second-order valence-corrected chi connectivity index (χ2v) is 8.21. The fraction of sp³-hybridized carbons (Fsp3) is 0.522. The quantitative estimate of drug-likeness (QED) is 0.257. The maximum absolute atomic E-state index is 12.3. The van der Waals surface area contributed by atoms with Gasteiger partial charge in [0.25, 0.3) is 0 Å². The van der Waals surface area contributed by atoms with Gasteiger partial charge in [0.1, 0.15) is 0 Å². The van der Waals surface area contributed by atoms with Gasteiger partial charge in [0.05, 0.1) is 12.6 Å². The van der Waals surface area contributed by atoms with E-state index in [9.17, 15) is 14.4 Å². The highest BCUT2D eigenvalue weighted by molar-refractivity contribution is 9.10. The second kappa shape index (κ2) is 12.6. The van der Waals surface area contributed by atoms with Gasteiger partial charge in [-0.1, -0.05) is 47.0 Å². The van der Waals surface area contributed by atoms with Crippen LogP contribution in [0.25, 0.3) is 0 Å². The van der Waals surface area contributed by atoms with Crippen molar-refractivity contribution in [1.29, 1.82) is 0 Å². The van der Waals surface area contributed by atoms with Gasteiger partial charge in [-0.3, -0.25) is 14.4 Å². The van der Waals surface area contributed by atoms with Gasteiger partial charge in [-0.05, 0) is 50.0 Å². The number of nitrogens with zero attached hydrogens (tertiary/aromatic N) is 1. The number of hydrogen-bond acceptors (Lipinski definition) is 4. The van der Waals surface area contributed by atoms with Gasteiger partial charge in [0.15, 0.2) is 5.78 Å². The fourth-order valence-corrected chi connectivity index (χ4v) is 3.96. The summed E-state index contributed by atoms with van der Waals surface area (Å²) in [4.78, 5) is 37.6. The number of esters is 1. The highest BCUT2D eigenvalue weighted by Crippen LogP contribution is 2.21. The van der Waals surface area contributed by atoms with Gasteiger partial charge in [0, 0.05) is 30.3 Å². The van der Waals surface area contributed by atoms with Gasteiger partial charge < -0.3 is 9.64 Å². The van der Waals surface area contributed by atoms with E-state index in [1.807, 2.05) is 42.2 Å². The molecule has 5 nitrogen and oxygen atoms in total. The van der Waals surface area contributed by atoms with Crippen LogP contribution >= 0.6 is 15.9 Å². The second-order valence-electron chi connectivity index (χ2n) is 7.29. The van der Waals surface area contributed by atoms with Gasteiger partial charge >= 0.3 is 5.97 Å². The Kier molecular flexibility index (Phi) is 10.1. The van der Waals surface area contributed by atoms with Crippen molar-refractivity contribution in [2.24, 2.45) is 0 Å². The lowest BCUT2D eigenvalue weighted by Gasteiger charge is -2.22. The molecule has 0 saturated carbocycles. The first-order valence-corrected chi connectivity index (χ1v) is 11.2. The molecule has 1 atom stereocenters. The zero-order chi connectivity index (χ0) is 21.1. The van der Waals surface area contributed by atoms with E-state index in [0.717, 1.165) is 42.1 Å². The van der Waals surface area contributed by atoms with Crippen molar-refractivity contribution < 1.29 is 19.1 Å². The number of carbonyl (C=O) groups is 3. The number of ether oxygens (including phenoxy) is 1. The summed E-state index contributed by atoms with van der Waals surface area (Å²) in [7, 11) is 0. The minimum absolute atomic E-state index is 0.00786. The number of allylic oxidation sites excluding steroid dienone is 1. The third kappa shape index (κ3) is 8.52. The molecule has 1 saturated heterocycles. The van der Waals surface area contributed by atoms with E-state index in [0.29, 0.717) is 32.4 Å². The molecule has 6 heteroatoms. The predicted molar refractivity (Wildman–Crippen MR) is 116 cm³/mol. The van der Waals surface area contributed by atoms with E-state index < -0.39 is 0 Å². The standard InChI is InChI=1S/C23H30BrNO4/c1-2-29-23(28)10-5-3-4-6-15-25-20(12-14-22(25)27)11-13-21(26)17-18-8-7-9-19(24)16-18/h7-9,11,13,16,20H,2-6,10,12,14-15,17H2,1H3/t20-/m0/s1. The maximum atomic E-state index is 12.3. The van der Waals surface area contributed by atoms with Crippen LogP contribution in [0.15, 0.2) is 40.9 Å². The molecule has 1 aromatic carbocycles. The monoisotopic (exact) mass is 463 g/mol. The number of likely N-dealkylation sites (tertiary alicyclic amines) is 1. The number of amides is 1. The summed E-state index contributed by atoms with van der Waals surface area (Å²) in [5.41, 5.74) is 0.969. The molecule has 0 aromatic heterocycles. The lowest BCUT2D eigenvalue weighted by Crippen LogP contribution is -2.32. The number of unbranched alkanes of at least 4 members (excludes halogenated alkanes) is 3. The highest BCUT2D eigenvalue weighted by atomic mass is 79.9. The fourth-order valence-electron chi connectivity index (χ4n) is 3.51. The molecule has 0 spiro atoms. The van der Waals surface area contributed by atoms with Crippen LogP contribution in [0.3, 0.4) is 0 Å². The van der Waals surface area contributed by atoms with Crippen LogP contribution in [0.4, 0.5) is 0 Å². The third-order valence-electron chi connectivity index (χ3n) is 4.98. The van der Waals surface area contributed by atoms with E-state index in [1.54, 1.807) is 6.08 Å². The third-order valence-corrected chi connectivity index (χ3v) is 5.47. The van der Waals surface area contributed by atoms with Crippen molar-refractivity contribution >= 4 is 33.6 Å². The normalized spacial score (nSPS) is 16.6.